The molecule has 7 heavy (non-hydrogen) atoms. The van der Waals surface area contributed by atoms with Crippen LogP contribution in [-0.4, -0.2) is 23.5 Å². The molecule has 0 spiro atoms. The predicted molar refractivity (Wildman–Crippen MR) is 33.2 cm³/mol. The molecule has 4 heteroatoms. The molecule has 0 fully saturated rings. The molecule has 0 saturated heterocycles. The molecule has 3 N–H and O–H groups in total. The smallest absolute Gasteiger partial charge is 0.170 e. The molecule has 0 amide bonds. The van der Waals surface area contributed by atoms with Crippen molar-refractivity contribution in [1.29, 1.82) is 5.41 Å². The Morgan fingerprint density at radius 2 is 2.29 bits per heavy atom. The Hall–Kier alpha value is -0.220. The van der Waals surface area contributed by atoms with Crippen LogP contribution in [0.1, 0.15) is 0 Å². The topological polar surface area (TPSA) is 53.1 Å². The molecule has 0 aliphatic heterocycles. The largest absolute Gasteiger partial charge is 0.293 e. The van der Waals surface area contributed by atoms with E-state index in [1.54, 1.807) is 7.05 Å². The Labute approximate surface area is 47.3 Å². The maximum absolute atomic E-state index is 6.96. The van der Waals surface area contributed by atoms with Gasteiger partial charge in [0.15, 0.2) is 5.17 Å². The van der Waals surface area contributed by atoms with E-state index in [4.69, 9.17) is 11.3 Å². The van der Waals surface area contributed by atoms with Crippen molar-refractivity contribution in [3.63, 3.8) is 0 Å². The van der Waals surface area contributed by atoms with Crippen LogP contribution in [0.4, 0.5) is 0 Å². The second kappa shape index (κ2) is 2.87. The quantitative estimate of drug-likeness (QED) is 0.206. The van der Waals surface area contributed by atoms with E-state index in [9.17, 15) is 0 Å². The predicted octanol–water partition coefficient (Wildman–Crippen LogP) is 0.0897. The lowest BCUT2D eigenvalue weighted by Crippen LogP contribution is -2.29. The number of nitrogens with zero attached hydrogens (tertiary/aromatic N) is 1. The van der Waals surface area contributed by atoms with Crippen LogP contribution in [0.2, 0.25) is 0 Å². The molecule has 0 unspecified atom stereocenters. The fourth-order valence-electron chi connectivity index (χ4n) is 0.144. The summed E-state index contributed by atoms with van der Waals surface area (Å²) >= 11 is 1.32. The zero-order chi connectivity index (χ0) is 5.86. The molecule has 0 heterocycles. The van der Waals surface area contributed by atoms with Gasteiger partial charge in [0.25, 0.3) is 0 Å². The third kappa shape index (κ3) is 2.47. The molecular formula is C3H9N3S. The molecule has 3 nitrogen and oxygen atoms in total. The van der Waals surface area contributed by atoms with E-state index < -0.39 is 0 Å². The molecular weight excluding hydrogens is 110 g/mol. The summed E-state index contributed by atoms with van der Waals surface area (Å²) in [5.74, 6) is 5.13. The molecule has 0 saturated carbocycles. The van der Waals surface area contributed by atoms with E-state index in [0.717, 1.165) is 0 Å². The minimum absolute atomic E-state index is 0.375. The monoisotopic (exact) mass is 119 g/mol. The van der Waals surface area contributed by atoms with E-state index in [1.807, 2.05) is 6.26 Å². The molecule has 0 aromatic rings. The fourth-order valence-corrected chi connectivity index (χ4v) is 0.432. The maximum atomic E-state index is 6.96. The van der Waals surface area contributed by atoms with Gasteiger partial charge in [0.2, 0.25) is 0 Å². The first-order valence-electron chi connectivity index (χ1n) is 1.79. The number of amidine groups is 1. The van der Waals surface area contributed by atoms with Crippen LogP contribution in [0.25, 0.3) is 0 Å². The highest BCUT2D eigenvalue weighted by Crippen LogP contribution is 1.93. The fraction of sp³-hybridized carbons (Fsp3) is 0.667. The molecule has 0 bridgehead atoms. The second-order valence-electron chi connectivity index (χ2n) is 1.12. The first-order chi connectivity index (χ1) is 3.18. The summed E-state index contributed by atoms with van der Waals surface area (Å²) in [7, 11) is 1.64. The third-order valence-corrected chi connectivity index (χ3v) is 1.19. The van der Waals surface area contributed by atoms with Gasteiger partial charge < -0.3 is 0 Å². The van der Waals surface area contributed by atoms with Crippen LogP contribution in [0.5, 0.6) is 0 Å². The van der Waals surface area contributed by atoms with Gasteiger partial charge in [-0.3, -0.25) is 10.4 Å². The summed E-state index contributed by atoms with van der Waals surface area (Å²) in [6, 6.07) is 0. The minimum Gasteiger partial charge on any atom is -0.293 e. The van der Waals surface area contributed by atoms with Crippen LogP contribution in [-0.2, 0) is 0 Å². The van der Waals surface area contributed by atoms with Crippen molar-refractivity contribution in [2.75, 3.05) is 13.3 Å². The Bertz CT molecular complexity index is 70.6. The van der Waals surface area contributed by atoms with Crippen LogP contribution in [0.3, 0.4) is 0 Å². The Kier molecular flexibility index (Phi) is 2.78. The van der Waals surface area contributed by atoms with Crippen molar-refractivity contribution in [1.82, 2.24) is 5.01 Å². The van der Waals surface area contributed by atoms with Crippen LogP contribution >= 0.6 is 11.8 Å². The lowest BCUT2D eigenvalue weighted by atomic mass is 11.1. The van der Waals surface area contributed by atoms with E-state index in [2.05, 4.69) is 0 Å². The average molecular weight is 119 g/mol. The highest BCUT2D eigenvalue weighted by Gasteiger charge is 1.91. The molecule has 0 radical (unpaired) electrons. The molecule has 0 aromatic carbocycles. The Morgan fingerprint density at radius 3 is 2.29 bits per heavy atom. The van der Waals surface area contributed by atoms with Gasteiger partial charge in [0, 0.05) is 7.05 Å². The second-order valence-corrected chi connectivity index (χ2v) is 1.92. The van der Waals surface area contributed by atoms with Crippen molar-refractivity contribution in [2.45, 2.75) is 0 Å². The molecule has 0 aliphatic carbocycles. The van der Waals surface area contributed by atoms with E-state index in [0.29, 0.717) is 5.17 Å². The molecule has 42 valence electrons. The number of hydrogen-bond acceptors (Lipinski definition) is 3. The highest BCUT2D eigenvalue weighted by molar-refractivity contribution is 8.13. The lowest BCUT2D eigenvalue weighted by Gasteiger charge is -2.08. The Balaban J connectivity index is 3.35. The molecule has 0 atom stereocenters. The molecule has 0 aromatic heterocycles. The summed E-state index contributed by atoms with van der Waals surface area (Å²) in [6.07, 6.45) is 1.81. The number of nitrogens with two attached hydrogens (primary N) is 1. The first-order valence-corrected chi connectivity index (χ1v) is 3.02. The van der Waals surface area contributed by atoms with Crippen LogP contribution in [0, 0.1) is 5.41 Å². The summed E-state index contributed by atoms with van der Waals surface area (Å²) in [6.45, 7) is 0. The summed E-state index contributed by atoms with van der Waals surface area (Å²) < 4.78 is 0. The van der Waals surface area contributed by atoms with Gasteiger partial charge in [-0.05, 0) is 6.26 Å². The van der Waals surface area contributed by atoms with E-state index >= 15 is 0 Å². The third-order valence-electron chi connectivity index (χ3n) is 0.514. The number of nitrogens with one attached hydrogen (secondary N) is 1. The number of hydrazine groups is 1. The highest BCUT2D eigenvalue weighted by atomic mass is 32.2. The van der Waals surface area contributed by atoms with E-state index in [1.165, 1.54) is 16.8 Å². The van der Waals surface area contributed by atoms with Crippen molar-refractivity contribution < 1.29 is 0 Å². The normalized spacial score (nSPS) is 8.43. The van der Waals surface area contributed by atoms with Gasteiger partial charge in [-0.15, -0.1) is 0 Å². The zero-order valence-corrected chi connectivity index (χ0v) is 5.25. The van der Waals surface area contributed by atoms with Crippen LogP contribution in [0.15, 0.2) is 0 Å². The minimum atomic E-state index is 0.375. The van der Waals surface area contributed by atoms with E-state index in [-0.39, 0.29) is 0 Å². The number of hydrogen-bond donors (Lipinski definition) is 2. The SMILES string of the molecule is CSC(=N)N(C)N. The maximum Gasteiger partial charge on any atom is 0.170 e. The lowest BCUT2D eigenvalue weighted by molar-refractivity contribution is 0.547. The zero-order valence-electron chi connectivity index (χ0n) is 4.43. The van der Waals surface area contributed by atoms with Gasteiger partial charge in [-0.1, -0.05) is 11.8 Å². The van der Waals surface area contributed by atoms with Gasteiger partial charge in [-0.25, -0.2) is 5.84 Å². The van der Waals surface area contributed by atoms with Gasteiger partial charge in [0.1, 0.15) is 0 Å². The summed E-state index contributed by atoms with van der Waals surface area (Å²) in [4.78, 5) is 0. The Morgan fingerprint density at radius 1 is 1.86 bits per heavy atom. The summed E-state index contributed by atoms with van der Waals surface area (Å²) in [5.41, 5.74) is 0. The number of thioether (sulfide) groups is 1. The first kappa shape index (κ1) is 6.78. The van der Waals surface area contributed by atoms with Gasteiger partial charge in [0.05, 0.1) is 0 Å². The molecule has 0 rings (SSSR count). The number of rotatable bonds is 0. The van der Waals surface area contributed by atoms with Crippen molar-refractivity contribution in [2.24, 2.45) is 5.84 Å². The van der Waals surface area contributed by atoms with Crippen LogP contribution < -0.4 is 5.84 Å². The van der Waals surface area contributed by atoms with Crippen molar-refractivity contribution in [3.8, 4) is 0 Å². The van der Waals surface area contributed by atoms with Gasteiger partial charge in [-0.2, -0.15) is 0 Å². The van der Waals surface area contributed by atoms with Gasteiger partial charge >= 0.3 is 0 Å². The molecule has 0 aliphatic rings. The standard InChI is InChI=1S/C3H9N3S/c1-6(5)3(4)7-2/h4H,5H2,1-2H3. The summed E-state index contributed by atoms with van der Waals surface area (Å²) in [5, 5.41) is 8.60. The van der Waals surface area contributed by atoms with Crippen molar-refractivity contribution >= 4 is 16.9 Å². The van der Waals surface area contributed by atoms with Crippen molar-refractivity contribution in [3.05, 3.63) is 0 Å². The average Bonchev–Trinajstić information content (AvgIpc) is 1.65.